The predicted octanol–water partition coefficient (Wildman–Crippen LogP) is 6.43. The average molecular weight is 403 g/mol. The summed E-state index contributed by atoms with van der Waals surface area (Å²) in [7, 11) is 0. The molecule has 2 unspecified atom stereocenters. The van der Waals surface area contributed by atoms with E-state index in [4.69, 9.17) is 9.73 Å². The number of hydrogen-bond donors (Lipinski definition) is 0. The van der Waals surface area contributed by atoms with Crippen LogP contribution in [-0.4, -0.2) is 22.2 Å². The molecule has 3 aliphatic heterocycles. The van der Waals surface area contributed by atoms with Gasteiger partial charge >= 0.3 is 0 Å². The molecule has 4 aliphatic rings. The molecule has 0 spiro atoms. The summed E-state index contributed by atoms with van der Waals surface area (Å²) in [6.07, 6.45) is 9.18. The van der Waals surface area contributed by atoms with E-state index in [9.17, 15) is 0 Å². The molecule has 0 amide bonds. The average Bonchev–Trinajstić information content (AvgIpc) is 3.04. The molecule has 6 rings (SSSR count). The number of aliphatic imine (C=N–C) groups is 1. The van der Waals surface area contributed by atoms with E-state index in [2.05, 4.69) is 67.3 Å². The second kappa shape index (κ2) is 6.40. The summed E-state index contributed by atoms with van der Waals surface area (Å²) in [6.45, 7) is 5.51. The second-order valence-corrected chi connectivity index (χ2v) is 10.0. The number of amidine groups is 1. The monoisotopic (exact) mass is 402 g/mol. The number of rotatable bonds is 0. The number of hydrogen-bond acceptors (Lipinski definition) is 4. The minimum atomic E-state index is -0.0244. The summed E-state index contributed by atoms with van der Waals surface area (Å²) in [5, 5.41) is 3.75. The van der Waals surface area contributed by atoms with E-state index < -0.39 is 0 Å². The van der Waals surface area contributed by atoms with E-state index in [1.807, 2.05) is 11.8 Å². The molecule has 3 nitrogen and oxygen atoms in total. The van der Waals surface area contributed by atoms with Gasteiger partial charge in [-0.2, -0.15) is 0 Å². The Hall–Kier alpha value is -2.20. The van der Waals surface area contributed by atoms with Gasteiger partial charge in [0, 0.05) is 27.6 Å². The second-order valence-electron chi connectivity index (χ2n) is 8.98. The molecule has 1 aliphatic carbocycles. The maximum absolute atomic E-state index is 6.34. The summed E-state index contributed by atoms with van der Waals surface area (Å²) in [5.74, 6) is 1.34. The largest absolute Gasteiger partial charge is 0.493 e. The van der Waals surface area contributed by atoms with Gasteiger partial charge in [-0.15, -0.1) is 0 Å². The molecular formula is C25H26N2OS. The van der Waals surface area contributed by atoms with Gasteiger partial charge in [-0.05, 0) is 56.4 Å². The van der Waals surface area contributed by atoms with Crippen molar-refractivity contribution < 1.29 is 4.74 Å². The first-order chi connectivity index (χ1) is 14.1. The Bertz CT molecular complexity index is 1100. The molecule has 2 aromatic carbocycles. The van der Waals surface area contributed by atoms with E-state index in [1.165, 1.54) is 32.1 Å². The van der Waals surface area contributed by atoms with E-state index in [0.717, 1.165) is 38.0 Å². The Morgan fingerprint density at radius 3 is 2.79 bits per heavy atom. The topological polar surface area (TPSA) is 24.8 Å². The van der Waals surface area contributed by atoms with Gasteiger partial charge in [0.15, 0.2) is 5.17 Å². The standard InChI is InChI=1S/C25H26N2OS/c1-25(2)18-15-28-20-14-13-16-9-7-8-10-17(16)22(20)23(18)26-24-27(25)19-11-5-3-4-6-12-21(19)29-24/h3-4,7-10,13-14,18,23H,5-6,11-12,15H2,1-2H3/b4-3-. The summed E-state index contributed by atoms with van der Waals surface area (Å²) in [5.41, 5.74) is 2.76. The summed E-state index contributed by atoms with van der Waals surface area (Å²) >= 11 is 1.92. The van der Waals surface area contributed by atoms with Crippen LogP contribution in [0.2, 0.25) is 0 Å². The minimum absolute atomic E-state index is 0.0244. The van der Waals surface area contributed by atoms with E-state index in [0.29, 0.717) is 5.92 Å². The summed E-state index contributed by atoms with van der Waals surface area (Å²) < 4.78 is 6.34. The normalized spacial score (nSPS) is 28.3. The lowest BCUT2D eigenvalue weighted by molar-refractivity contribution is 0.0631. The maximum atomic E-state index is 6.34. The summed E-state index contributed by atoms with van der Waals surface area (Å²) in [4.78, 5) is 9.49. The quantitative estimate of drug-likeness (QED) is 0.475. The van der Waals surface area contributed by atoms with Crippen LogP contribution in [0.5, 0.6) is 5.75 Å². The van der Waals surface area contributed by atoms with E-state index in [1.54, 1.807) is 0 Å². The van der Waals surface area contributed by atoms with Crippen molar-refractivity contribution >= 4 is 27.7 Å². The van der Waals surface area contributed by atoms with Gasteiger partial charge in [0.25, 0.3) is 0 Å². The molecule has 0 saturated carbocycles. The van der Waals surface area contributed by atoms with Crippen LogP contribution in [0.15, 0.2) is 64.1 Å². The Labute approximate surface area is 176 Å². The number of nitrogens with zero attached hydrogens (tertiary/aromatic N) is 2. The number of fused-ring (bicyclic) bond motifs is 7. The summed E-state index contributed by atoms with van der Waals surface area (Å²) in [6, 6.07) is 13.1. The van der Waals surface area contributed by atoms with Crippen molar-refractivity contribution in [2.45, 2.75) is 51.1 Å². The predicted molar refractivity (Wildman–Crippen MR) is 121 cm³/mol. The van der Waals surface area contributed by atoms with Crippen molar-refractivity contribution in [2.24, 2.45) is 10.9 Å². The van der Waals surface area contributed by atoms with Crippen LogP contribution in [0.1, 0.15) is 51.1 Å². The first-order valence-electron chi connectivity index (χ1n) is 10.7. The van der Waals surface area contributed by atoms with Crippen LogP contribution >= 0.6 is 11.8 Å². The minimum Gasteiger partial charge on any atom is -0.493 e. The van der Waals surface area contributed by atoms with Crippen LogP contribution in [0.3, 0.4) is 0 Å². The van der Waals surface area contributed by atoms with E-state index >= 15 is 0 Å². The molecule has 2 atom stereocenters. The highest BCUT2D eigenvalue weighted by atomic mass is 32.2. The van der Waals surface area contributed by atoms with Crippen molar-refractivity contribution in [3.8, 4) is 5.75 Å². The molecule has 0 radical (unpaired) electrons. The fourth-order valence-electron chi connectivity index (χ4n) is 5.46. The molecular weight excluding hydrogens is 376 g/mol. The molecule has 0 bridgehead atoms. The third-order valence-electron chi connectivity index (χ3n) is 7.01. The molecule has 148 valence electrons. The van der Waals surface area contributed by atoms with Crippen LogP contribution in [0.4, 0.5) is 0 Å². The van der Waals surface area contributed by atoms with Crippen LogP contribution in [0.25, 0.3) is 10.8 Å². The Kier molecular flexibility index (Phi) is 3.89. The first kappa shape index (κ1) is 17.6. The number of allylic oxidation sites excluding steroid dienone is 4. The van der Waals surface area contributed by atoms with Crippen molar-refractivity contribution in [3.63, 3.8) is 0 Å². The number of benzene rings is 2. The zero-order valence-electron chi connectivity index (χ0n) is 17.0. The Balaban J connectivity index is 1.51. The molecule has 3 heterocycles. The lowest BCUT2D eigenvalue weighted by Gasteiger charge is -2.51. The van der Waals surface area contributed by atoms with Crippen LogP contribution in [0, 0.1) is 5.92 Å². The lowest BCUT2D eigenvalue weighted by atomic mass is 9.74. The van der Waals surface area contributed by atoms with Crippen molar-refractivity contribution in [1.29, 1.82) is 0 Å². The highest BCUT2D eigenvalue weighted by Crippen LogP contribution is 2.55. The lowest BCUT2D eigenvalue weighted by Crippen LogP contribution is -2.56. The third kappa shape index (κ3) is 2.54. The zero-order chi connectivity index (χ0) is 19.6. The molecule has 2 aromatic rings. The van der Waals surface area contributed by atoms with Gasteiger partial charge in [-0.3, -0.25) is 4.99 Å². The highest BCUT2D eigenvalue weighted by molar-refractivity contribution is 8.17. The van der Waals surface area contributed by atoms with Gasteiger partial charge in [-0.1, -0.05) is 54.2 Å². The molecule has 4 heteroatoms. The van der Waals surface area contributed by atoms with Gasteiger partial charge in [0.05, 0.1) is 12.6 Å². The Morgan fingerprint density at radius 1 is 1.07 bits per heavy atom. The first-order valence-corrected chi connectivity index (χ1v) is 11.5. The molecule has 0 aromatic heterocycles. The molecule has 29 heavy (non-hydrogen) atoms. The molecule has 0 saturated heterocycles. The fraction of sp³-hybridized carbons (Fsp3) is 0.400. The Morgan fingerprint density at radius 2 is 1.90 bits per heavy atom. The smallest absolute Gasteiger partial charge is 0.169 e. The fourth-order valence-corrected chi connectivity index (χ4v) is 6.81. The maximum Gasteiger partial charge on any atom is 0.169 e. The van der Waals surface area contributed by atoms with E-state index in [-0.39, 0.29) is 11.6 Å². The van der Waals surface area contributed by atoms with Crippen LogP contribution in [-0.2, 0) is 0 Å². The van der Waals surface area contributed by atoms with Crippen molar-refractivity contribution in [1.82, 2.24) is 4.90 Å². The third-order valence-corrected chi connectivity index (χ3v) is 8.17. The number of thioether (sulfide) groups is 1. The van der Waals surface area contributed by atoms with Gasteiger partial charge in [0.1, 0.15) is 5.75 Å². The van der Waals surface area contributed by atoms with Crippen molar-refractivity contribution in [2.75, 3.05) is 6.61 Å². The van der Waals surface area contributed by atoms with Gasteiger partial charge in [0.2, 0.25) is 0 Å². The van der Waals surface area contributed by atoms with Gasteiger partial charge in [-0.25, -0.2) is 0 Å². The highest BCUT2D eigenvalue weighted by Gasteiger charge is 2.52. The van der Waals surface area contributed by atoms with Crippen LogP contribution < -0.4 is 4.74 Å². The SMILES string of the molecule is CC1(C)C2COc3ccc4ccccc4c3C2N=C2SC3=C(CC/C=C\CC3)N21. The molecule has 0 fully saturated rings. The molecule has 0 N–H and O–H groups in total. The van der Waals surface area contributed by atoms with Gasteiger partial charge < -0.3 is 9.64 Å². The number of ether oxygens (including phenoxy) is 1. The zero-order valence-corrected chi connectivity index (χ0v) is 17.8. The van der Waals surface area contributed by atoms with Crippen molar-refractivity contribution in [3.05, 3.63) is 64.7 Å².